The second-order valence-corrected chi connectivity index (χ2v) is 9.07. The number of nitrogens with two attached hydrogens (primary N) is 1. The van der Waals surface area contributed by atoms with Crippen molar-refractivity contribution in [2.24, 2.45) is 15.7 Å². The van der Waals surface area contributed by atoms with E-state index in [2.05, 4.69) is 14.7 Å². The van der Waals surface area contributed by atoms with E-state index in [0.29, 0.717) is 23.7 Å². The second kappa shape index (κ2) is 7.81. The molecule has 1 heterocycles. The molecule has 0 atom stereocenters. The van der Waals surface area contributed by atoms with Crippen LogP contribution in [0.3, 0.4) is 0 Å². The number of amidine groups is 1. The van der Waals surface area contributed by atoms with Crippen molar-refractivity contribution in [1.82, 2.24) is 14.6 Å². The first kappa shape index (κ1) is 21.3. The van der Waals surface area contributed by atoms with Crippen LogP contribution in [-0.4, -0.2) is 71.0 Å². The molecule has 2 fully saturated rings. The minimum Gasteiger partial charge on any atom is -0.493 e. The topological polar surface area (TPSA) is 127 Å². The van der Waals surface area contributed by atoms with Gasteiger partial charge in [-0.25, -0.2) is 10.1 Å². The van der Waals surface area contributed by atoms with Crippen LogP contribution in [0.5, 0.6) is 11.5 Å². The number of methoxy groups -OCH3 is 2. The number of rotatable bonds is 7. The van der Waals surface area contributed by atoms with Gasteiger partial charge in [-0.15, -0.1) is 0 Å². The fourth-order valence-corrected chi connectivity index (χ4v) is 4.79. The summed E-state index contributed by atoms with van der Waals surface area (Å²) in [5, 5.41) is 10.7. The fraction of sp³-hybridized carbons (Fsp3) is 0.556. The van der Waals surface area contributed by atoms with Crippen LogP contribution in [0.25, 0.3) is 0 Å². The molecule has 0 radical (unpaired) electrons. The van der Waals surface area contributed by atoms with E-state index in [4.69, 9.17) is 14.6 Å². The number of ether oxygens (including phenoxy) is 2. The Balaban J connectivity index is 1.81. The Morgan fingerprint density at radius 1 is 1.31 bits per heavy atom. The lowest BCUT2D eigenvalue weighted by atomic mass is 9.61. The van der Waals surface area contributed by atoms with Crippen molar-refractivity contribution in [1.29, 1.82) is 0 Å². The summed E-state index contributed by atoms with van der Waals surface area (Å²) < 4.78 is 35.6. The van der Waals surface area contributed by atoms with Gasteiger partial charge in [0, 0.05) is 37.2 Å². The van der Waals surface area contributed by atoms with Crippen molar-refractivity contribution in [2.45, 2.75) is 25.8 Å². The molecule has 160 valence electrons. The van der Waals surface area contributed by atoms with Gasteiger partial charge in [0.25, 0.3) is 10.2 Å². The lowest BCUT2D eigenvalue weighted by Gasteiger charge is -2.59. The Morgan fingerprint density at radius 3 is 2.41 bits per heavy atom. The highest BCUT2D eigenvalue weighted by Crippen LogP contribution is 2.49. The Kier molecular flexibility index (Phi) is 5.74. The molecule has 3 rings (SSSR count). The second-order valence-electron chi connectivity index (χ2n) is 7.75. The van der Waals surface area contributed by atoms with E-state index in [1.165, 1.54) is 5.01 Å². The molecule has 0 bridgehead atoms. The SMILES string of the molecule is COc1cc(C)c(/C(=N\N(C)C=O)N2CC3(CC(NS(N)(=O)=O)C3)C2)cc1OC. The summed E-state index contributed by atoms with van der Waals surface area (Å²) in [7, 11) is 1.03. The molecule has 1 saturated carbocycles. The lowest BCUT2D eigenvalue weighted by molar-refractivity contribution is -0.117. The summed E-state index contributed by atoms with van der Waals surface area (Å²) in [6.07, 6.45) is 2.09. The van der Waals surface area contributed by atoms with E-state index in [9.17, 15) is 13.2 Å². The van der Waals surface area contributed by atoms with Crippen molar-refractivity contribution in [3.05, 3.63) is 23.3 Å². The van der Waals surface area contributed by atoms with Crippen LogP contribution < -0.4 is 19.3 Å². The van der Waals surface area contributed by atoms with Gasteiger partial charge in [0.1, 0.15) is 0 Å². The Morgan fingerprint density at radius 2 is 1.90 bits per heavy atom. The van der Waals surface area contributed by atoms with Crippen LogP contribution in [0, 0.1) is 12.3 Å². The summed E-state index contributed by atoms with van der Waals surface area (Å²) in [6.45, 7) is 3.38. The van der Waals surface area contributed by atoms with E-state index in [0.717, 1.165) is 37.1 Å². The first-order valence-corrected chi connectivity index (χ1v) is 10.7. The molecule has 1 amide bonds. The maximum absolute atomic E-state index is 11.2. The van der Waals surface area contributed by atoms with Crippen molar-refractivity contribution in [3.63, 3.8) is 0 Å². The monoisotopic (exact) mass is 425 g/mol. The minimum atomic E-state index is -3.69. The number of hydrogen-bond acceptors (Lipinski definition) is 6. The molecule has 0 unspecified atom stereocenters. The van der Waals surface area contributed by atoms with E-state index >= 15 is 0 Å². The number of amides is 1. The zero-order valence-corrected chi connectivity index (χ0v) is 17.8. The molecule has 10 nitrogen and oxygen atoms in total. The average Bonchev–Trinajstić information content (AvgIpc) is 2.59. The van der Waals surface area contributed by atoms with Crippen molar-refractivity contribution in [3.8, 4) is 11.5 Å². The highest BCUT2D eigenvalue weighted by atomic mass is 32.2. The number of carbonyl (C=O) groups excluding carboxylic acids is 1. The number of carbonyl (C=O) groups is 1. The number of hydrazone groups is 1. The van der Waals surface area contributed by atoms with Crippen molar-refractivity contribution >= 4 is 22.5 Å². The third-order valence-corrected chi connectivity index (χ3v) is 6.08. The Hall–Kier alpha value is -2.37. The van der Waals surface area contributed by atoms with Crippen LogP contribution in [-0.2, 0) is 15.0 Å². The molecular weight excluding hydrogens is 398 g/mol. The molecule has 1 aromatic carbocycles. The predicted molar refractivity (Wildman–Crippen MR) is 108 cm³/mol. The van der Waals surface area contributed by atoms with E-state index in [1.54, 1.807) is 21.3 Å². The van der Waals surface area contributed by atoms with Gasteiger partial charge in [-0.05, 0) is 37.5 Å². The number of benzene rings is 1. The third-order valence-electron chi connectivity index (χ3n) is 5.42. The number of nitrogens with zero attached hydrogens (tertiary/aromatic N) is 3. The Bertz CT molecular complexity index is 919. The van der Waals surface area contributed by atoms with Gasteiger partial charge in [-0.1, -0.05) is 0 Å². The molecular formula is C18H27N5O5S. The summed E-state index contributed by atoms with van der Waals surface area (Å²) in [4.78, 5) is 13.2. The maximum Gasteiger partial charge on any atom is 0.274 e. The van der Waals surface area contributed by atoms with Crippen molar-refractivity contribution in [2.75, 3.05) is 34.4 Å². The van der Waals surface area contributed by atoms with Gasteiger partial charge in [0.15, 0.2) is 17.3 Å². The highest BCUT2D eigenvalue weighted by Gasteiger charge is 2.54. The van der Waals surface area contributed by atoms with Gasteiger partial charge >= 0.3 is 0 Å². The molecule has 2 aliphatic rings. The number of likely N-dealkylation sites (tertiary alicyclic amines) is 1. The largest absolute Gasteiger partial charge is 0.493 e. The van der Waals surface area contributed by atoms with Crippen LogP contribution in [0.1, 0.15) is 24.0 Å². The fourth-order valence-electron chi connectivity index (χ4n) is 4.15. The Labute approximate surface area is 170 Å². The molecule has 1 saturated heterocycles. The van der Waals surface area contributed by atoms with Crippen LogP contribution in [0.4, 0.5) is 0 Å². The quantitative estimate of drug-likeness (QED) is 0.274. The maximum atomic E-state index is 11.2. The van der Waals surface area contributed by atoms with Gasteiger partial charge in [-0.2, -0.15) is 18.2 Å². The molecule has 0 aromatic heterocycles. The lowest BCUT2D eigenvalue weighted by Crippen LogP contribution is -2.68. The van der Waals surface area contributed by atoms with Crippen molar-refractivity contribution < 1.29 is 22.7 Å². The van der Waals surface area contributed by atoms with Gasteiger partial charge in [0.2, 0.25) is 6.41 Å². The predicted octanol–water partition coefficient (Wildman–Crippen LogP) is 0.0195. The zero-order chi connectivity index (χ0) is 21.4. The van der Waals surface area contributed by atoms with Gasteiger partial charge < -0.3 is 14.4 Å². The highest BCUT2D eigenvalue weighted by molar-refractivity contribution is 7.87. The zero-order valence-electron chi connectivity index (χ0n) is 17.0. The van der Waals surface area contributed by atoms with E-state index < -0.39 is 10.2 Å². The standard InChI is InChI=1S/C18H27N5O5S/c1-12-5-15(27-3)16(28-4)6-14(12)17(20-22(2)11-24)23-9-18(10-23)7-13(8-18)21-29(19,25)26/h5-6,11,13,21H,7-10H2,1-4H3,(H2,19,25,26)/b20-17+. The molecule has 29 heavy (non-hydrogen) atoms. The third kappa shape index (κ3) is 4.46. The number of aryl methyl sites for hydroxylation is 1. The van der Waals surface area contributed by atoms with Crippen LogP contribution in [0.2, 0.25) is 0 Å². The van der Waals surface area contributed by atoms with Crippen LogP contribution in [0.15, 0.2) is 17.2 Å². The number of hydrogen-bond donors (Lipinski definition) is 2. The van der Waals surface area contributed by atoms with E-state index in [-0.39, 0.29) is 11.5 Å². The summed E-state index contributed by atoms with van der Waals surface area (Å²) in [5.74, 6) is 1.85. The summed E-state index contributed by atoms with van der Waals surface area (Å²) in [6, 6.07) is 3.59. The minimum absolute atomic E-state index is 0.0351. The molecule has 1 aliphatic carbocycles. The van der Waals surface area contributed by atoms with E-state index in [1.807, 2.05) is 19.1 Å². The molecule has 1 spiro atoms. The normalized spacial score (nSPS) is 18.8. The molecule has 11 heteroatoms. The van der Waals surface area contributed by atoms with Gasteiger partial charge in [-0.3, -0.25) is 4.79 Å². The summed E-state index contributed by atoms with van der Waals surface area (Å²) in [5.41, 5.74) is 1.81. The number of nitrogens with one attached hydrogen (secondary N) is 1. The molecule has 1 aliphatic heterocycles. The summed E-state index contributed by atoms with van der Waals surface area (Å²) >= 11 is 0. The first-order chi connectivity index (χ1) is 13.6. The smallest absolute Gasteiger partial charge is 0.274 e. The van der Waals surface area contributed by atoms with Gasteiger partial charge in [0.05, 0.1) is 14.2 Å². The molecule has 1 aromatic rings. The van der Waals surface area contributed by atoms with Crippen LogP contribution >= 0.6 is 0 Å². The average molecular weight is 426 g/mol. The molecule has 3 N–H and O–H groups in total. The first-order valence-electron chi connectivity index (χ1n) is 9.14.